The lowest BCUT2D eigenvalue weighted by Crippen LogP contribution is -2.30. The number of benzene rings is 1. The van der Waals surface area contributed by atoms with Crippen molar-refractivity contribution < 1.29 is 18.0 Å². The monoisotopic (exact) mass is 472 g/mol. The molecule has 2 amide bonds. The first-order chi connectivity index (χ1) is 15.8. The summed E-state index contributed by atoms with van der Waals surface area (Å²) in [7, 11) is 0. The van der Waals surface area contributed by atoms with E-state index in [1.807, 2.05) is 0 Å². The highest BCUT2D eigenvalue weighted by molar-refractivity contribution is 6.33. The Hall–Kier alpha value is -3.66. The van der Waals surface area contributed by atoms with E-state index in [1.165, 1.54) is 22.7 Å². The minimum atomic E-state index is -4.61. The highest BCUT2D eigenvalue weighted by Crippen LogP contribution is 2.35. The largest absolute Gasteiger partial charge is 0.434 e. The van der Waals surface area contributed by atoms with Gasteiger partial charge in [0, 0.05) is 23.4 Å². The maximum Gasteiger partial charge on any atom is 0.434 e. The fourth-order valence-corrected chi connectivity index (χ4v) is 3.52. The van der Waals surface area contributed by atoms with Crippen molar-refractivity contribution in [3.8, 4) is 22.5 Å². The summed E-state index contributed by atoms with van der Waals surface area (Å²) in [4.78, 5) is 20.0. The molecule has 0 aliphatic heterocycles. The second-order valence-electron chi connectivity index (χ2n) is 7.61. The number of fused-ring (bicyclic) bond motifs is 1. The van der Waals surface area contributed by atoms with Crippen molar-refractivity contribution in [2.75, 3.05) is 5.32 Å². The molecule has 3 aromatic heterocycles. The number of alkyl halides is 3. The molecule has 1 aliphatic rings. The highest BCUT2D eigenvalue weighted by Gasteiger charge is 2.35. The van der Waals surface area contributed by atoms with Gasteiger partial charge in [-0.15, -0.1) is 0 Å². The predicted molar refractivity (Wildman–Crippen MR) is 117 cm³/mol. The molecular weight excluding hydrogens is 457 g/mol. The second-order valence-corrected chi connectivity index (χ2v) is 8.02. The number of carbonyl (C=O) groups is 1. The van der Waals surface area contributed by atoms with Crippen molar-refractivity contribution in [1.29, 1.82) is 0 Å². The van der Waals surface area contributed by atoms with Crippen LogP contribution in [0.15, 0.2) is 54.9 Å². The first-order valence-electron chi connectivity index (χ1n) is 10.0. The number of nitrogens with one attached hydrogen (secondary N) is 2. The fourth-order valence-electron chi connectivity index (χ4n) is 3.35. The Bertz CT molecular complexity index is 1370. The summed E-state index contributed by atoms with van der Waals surface area (Å²) >= 11 is 6.22. The summed E-state index contributed by atoms with van der Waals surface area (Å²) < 4.78 is 41.5. The van der Waals surface area contributed by atoms with Crippen molar-refractivity contribution in [1.82, 2.24) is 24.9 Å². The molecule has 0 spiro atoms. The lowest BCUT2D eigenvalue weighted by molar-refractivity contribution is -0.140. The maximum atomic E-state index is 13.4. The van der Waals surface area contributed by atoms with Gasteiger partial charge in [0.15, 0.2) is 11.3 Å². The van der Waals surface area contributed by atoms with Gasteiger partial charge in [-0.1, -0.05) is 17.7 Å². The molecule has 3 heterocycles. The Morgan fingerprint density at radius 3 is 2.70 bits per heavy atom. The van der Waals surface area contributed by atoms with E-state index in [4.69, 9.17) is 11.6 Å². The lowest BCUT2D eigenvalue weighted by atomic mass is 10.1. The first kappa shape index (κ1) is 21.2. The molecule has 1 aliphatic carbocycles. The number of halogens is 4. The molecule has 0 unspecified atom stereocenters. The molecule has 1 fully saturated rings. The average Bonchev–Trinajstić information content (AvgIpc) is 3.48. The van der Waals surface area contributed by atoms with E-state index in [1.54, 1.807) is 30.5 Å². The number of rotatable bonds is 4. The Morgan fingerprint density at radius 1 is 1.12 bits per heavy atom. The van der Waals surface area contributed by atoms with E-state index in [9.17, 15) is 18.0 Å². The highest BCUT2D eigenvalue weighted by atomic mass is 35.5. The van der Waals surface area contributed by atoms with E-state index < -0.39 is 11.9 Å². The van der Waals surface area contributed by atoms with Crippen LogP contribution in [0.25, 0.3) is 28.2 Å². The van der Waals surface area contributed by atoms with Gasteiger partial charge in [0.1, 0.15) is 0 Å². The number of carbonyl (C=O) groups excluding carboxylic acids is 1. The third-order valence-corrected chi connectivity index (χ3v) is 5.42. The zero-order valence-corrected chi connectivity index (χ0v) is 17.7. The number of imidazole rings is 1. The molecule has 0 atom stereocenters. The SMILES string of the molecule is O=C(Nc1cc(-c2cn3nc(-c4cccnc4C(F)(F)F)ccc3n2)ccc1Cl)NC1CC1. The molecule has 0 saturated heterocycles. The first-order valence-corrected chi connectivity index (χ1v) is 10.4. The van der Waals surface area contributed by atoms with Gasteiger partial charge in [0.2, 0.25) is 0 Å². The van der Waals surface area contributed by atoms with E-state index in [0.29, 0.717) is 27.6 Å². The van der Waals surface area contributed by atoms with E-state index in [-0.39, 0.29) is 23.3 Å². The summed E-state index contributed by atoms with van der Waals surface area (Å²) in [5.41, 5.74) is 1.03. The third-order valence-electron chi connectivity index (χ3n) is 5.10. The van der Waals surface area contributed by atoms with E-state index in [0.717, 1.165) is 19.0 Å². The van der Waals surface area contributed by atoms with Crippen molar-refractivity contribution in [3.05, 3.63) is 65.6 Å². The van der Waals surface area contributed by atoms with Gasteiger partial charge >= 0.3 is 12.2 Å². The van der Waals surface area contributed by atoms with Crippen LogP contribution in [0, 0.1) is 0 Å². The van der Waals surface area contributed by atoms with Gasteiger partial charge in [0.05, 0.1) is 28.3 Å². The van der Waals surface area contributed by atoms with Crippen LogP contribution in [-0.2, 0) is 6.18 Å². The number of anilines is 1. The number of aromatic nitrogens is 4. The van der Waals surface area contributed by atoms with Gasteiger partial charge in [-0.3, -0.25) is 4.98 Å². The lowest BCUT2D eigenvalue weighted by Gasteiger charge is -2.10. The van der Waals surface area contributed by atoms with Gasteiger partial charge in [-0.2, -0.15) is 18.3 Å². The zero-order valence-electron chi connectivity index (χ0n) is 16.9. The average molecular weight is 473 g/mol. The fraction of sp³-hybridized carbons (Fsp3) is 0.182. The van der Waals surface area contributed by atoms with Crippen molar-refractivity contribution in [3.63, 3.8) is 0 Å². The Kier molecular flexibility index (Phi) is 5.16. The Labute approximate surface area is 190 Å². The second kappa shape index (κ2) is 8.04. The number of amides is 2. The van der Waals surface area contributed by atoms with Crippen LogP contribution in [0.5, 0.6) is 0 Å². The molecule has 11 heteroatoms. The zero-order chi connectivity index (χ0) is 23.2. The molecule has 1 aromatic carbocycles. The normalized spacial score (nSPS) is 13.8. The molecule has 2 N–H and O–H groups in total. The summed E-state index contributed by atoms with van der Waals surface area (Å²) in [6.45, 7) is 0. The Balaban J connectivity index is 1.47. The maximum absolute atomic E-state index is 13.4. The summed E-state index contributed by atoms with van der Waals surface area (Å²) in [5, 5.41) is 10.2. The van der Waals surface area contributed by atoms with Crippen molar-refractivity contribution in [2.24, 2.45) is 0 Å². The van der Waals surface area contributed by atoms with Crippen LogP contribution in [-0.4, -0.2) is 31.7 Å². The van der Waals surface area contributed by atoms with Crippen LogP contribution in [0.3, 0.4) is 0 Å². The third kappa shape index (κ3) is 4.47. The van der Waals surface area contributed by atoms with Gasteiger partial charge in [-0.05, 0) is 49.2 Å². The molecule has 7 nitrogen and oxygen atoms in total. The molecule has 33 heavy (non-hydrogen) atoms. The predicted octanol–water partition coefficient (Wildman–Crippen LogP) is 5.41. The molecule has 5 rings (SSSR count). The number of hydrogen-bond donors (Lipinski definition) is 2. The summed E-state index contributed by atoms with van der Waals surface area (Å²) in [6.07, 6.45) is 0.00467. The molecule has 0 bridgehead atoms. The van der Waals surface area contributed by atoms with E-state index >= 15 is 0 Å². The topological polar surface area (TPSA) is 84.2 Å². The Morgan fingerprint density at radius 2 is 1.94 bits per heavy atom. The van der Waals surface area contributed by atoms with Crippen molar-refractivity contribution in [2.45, 2.75) is 25.1 Å². The van der Waals surface area contributed by atoms with Gasteiger partial charge < -0.3 is 10.6 Å². The standard InChI is InChI=1S/C22H16ClF3N6O/c23-15-6-3-12(10-17(15)30-21(33)28-13-4-5-13)18-11-32-19(29-18)8-7-16(31-32)14-2-1-9-27-20(14)22(24,25)26/h1-3,6-11,13H,4-5H2,(H2,28,30,33). The van der Waals surface area contributed by atoms with Crippen LogP contribution >= 0.6 is 11.6 Å². The quantitative estimate of drug-likeness (QED) is 0.415. The molecule has 168 valence electrons. The molecule has 0 radical (unpaired) electrons. The van der Waals surface area contributed by atoms with E-state index in [2.05, 4.69) is 25.7 Å². The summed E-state index contributed by atoms with van der Waals surface area (Å²) in [6, 6.07) is 10.7. The van der Waals surface area contributed by atoms with Crippen LogP contribution in [0.4, 0.5) is 23.7 Å². The number of nitrogens with zero attached hydrogens (tertiary/aromatic N) is 4. The van der Waals surface area contributed by atoms with Gasteiger partial charge in [-0.25, -0.2) is 14.3 Å². The minimum Gasteiger partial charge on any atom is -0.335 e. The molecule has 4 aromatic rings. The number of urea groups is 1. The van der Waals surface area contributed by atoms with Crippen LogP contribution in [0.2, 0.25) is 5.02 Å². The van der Waals surface area contributed by atoms with Crippen molar-refractivity contribution >= 4 is 29.0 Å². The smallest absolute Gasteiger partial charge is 0.335 e. The minimum absolute atomic E-state index is 0.113. The summed E-state index contributed by atoms with van der Waals surface area (Å²) in [5.74, 6) is 0. The number of hydrogen-bond acceptors (Lipinski definition) is 4. The molecular formula is C22H16ClF3N6O. The van der Waals surface area contributed by atoms with Crippen LogP contribution in [0.1, 0.15) is 18.5 Å². The van der Waals surface area contributed by atoms with Crippen LogP contribution < -0.4 is 10.6 Å². The van der Waals surface area contributed by atoms with Gasteiger partial charge in [0.25, 0.3) is 0 Å². The number of pyridine rings is 1. The molecule has 1 saturated carbocycles.